The Labute approximate surface area is 67.4 Å². The highest BCUT2D eigenvalue weighted by molar-refractivity contribution is 5.37. The van der Waals surface area contributed by atoms with Crippen LogP contribution >= 0.6 is 0 Å². The Morgan fingerprint density at radius 2 is 2.36 bits per heavy atom. The van der Waals surface area contributed by atoms with Crippen LogP contribution in [0.25, 0.3) is 0 Å². The molecule has 0 saturated carbocycles. The molecule has 1 heterocycles. The number of hydrogen-bond acceptors (Lipinski definition) is 2. The lowest BCUT2D eigenvalue weighted by Gasteiger charge is -2.02. The van der Waals surface area contributed by atoms with Gasteiger partial charge < -0.3 is 5.32 Å². The van der Waals surface area contributed by atoms with E-state index in [0.29, 0.717) is 6.04 Å². The van der Waals surface area contributed by atoms with Gasteiger partial charge in [0.05, 0.1) is 11.9 Å². The molecule has 0 unspecified atom stereocenters. The van der Waals surface area contributed by atoms with Crippen LogP contribution in [0.2, 0.25) is 0 Å². The molecule has 0 bridgehead atoms. The molecule has 0 radical (unpaired) electrons. The largest absolute Gasteiger partial charge is 0.383 e. The van der Waals surface area contributed by atoms with Crippen molar-refractivity contribution in [2.45, 2.75) is 26.8 Å². The Morgan fingerprint density at radius 3 is 2.82 bits per heavy atom. The molecule has 0 aliphatic carbocycles. The maximum atomic E-state index is 4.19. The molecule has 0 aliphatic rings. The Balaban J connectivity index is 2.66. The molecule has 0 atom stereocenters. The maximum absolute atomic E-state index is 4.19. The van der Waals surface area contributed by atoms with E-state index in [-0.39, 0.29) is 0 Å². The van der Waals surface area contributed by atoms with Crippen LogP contribution in [0.4, 0.5) is 5.69 Å². The summed E-state index contributed by atoms with van der Waals surface area (Å²) in [6, 6.07) is 0.447. The molecule has 0 saturated heterocycles. The van der Waals surface area contributed by atoms with E-state index >= 15 is 0 Å². The van der Waals surface area contributed by atoms with Crippen molar-refractivity contribution in [1.29, 1.82) is 0 Å². The van der Waals surface area contributed by atoms with Crippen molar-refractivity contribution in [3.63, 3.8) is 0 Å². The predicted octanol–water partition coefficient (Wildman–Crippen LogP) is 1.90. The minimum absolute atomic E-state index is 0.447. The van der Waals surface area contributed by atoms with E-state index in [4.69, 9.17) is 0 Å². The van der Waals surface area contributed by atoms with Crippen molar-refractivity contribution in [1.82, 2.24) is 9.78 Å². The van der Waals surface area contributed by atoms with Crippen LogP contribution in [0.3, 0.4) is 0 Å². The summed E-state index contributed by atoms with van der Waals surface area (Å²) < 4.78 is 1.94. The van der Waals surface area contributed by atoms with E-state index in [9.17, 15) is 0 Å². The smallest absolute Gasteiger partial charge is 0.0726 e. The number of anilines is 1. The molecule has 11 heavy (non-hydrogen) atoms. The zero-order chi connectivity index (χ0) is 8.27. The van der Waals surface area contributed by atoms with E-state index in [1.165, 1.54) is 0 Å². The summed E-state index contributed by atoms with van der Waals surface area (Å²) in [7, 11) is 0. The second kappa shape index (κ2) is 3.42. The molecule has 1 rings (SSSR count). The number of aromatic nitrogens is 2. The Kier molecular flexibility index (Phi) is 2.52. The van der Waals surface area contributed by atoms with Gasteiger partial charge >= 0.3 is 0 Å². The Morgan fingerprint density at radius 1 is 1.64 bits per heavy atom. The van der Waals surface area contributed by atoms with Gasteiger partial charge in [-0.1, -0.05) is 0 Å². The topological polar surface area (TPSA) is 29.9 Å². The maximum Gasteiger partial charge on any atom is 0.0726 e. The molecule has 0 aromatic carbocycles. The van der Waals surface area contributed by atoms with Crippen molar-refractivity contribution in [3.05, 3.63) is 12.4 Å². The third-order valence-electron chi connectivity index (χ3n) is 1.51. The average molecular weight is 153 g/mol. The SMILES string of the molecule is CCNc1cnn(C(C)C)c1. The van der Waals surface area contributed by atoms with Crippen LogP contribution in [0.15, 0.2) is 12.4 Å². The molecule has 0 aliphatic heterocycles. The summed E-state index contributed by atoms with van der Waals surface area (Å²) >= 11 is 0. The quantitative estimate of drug-likeness (QED) is 0.718. The van der Waals surface area contributed by atoms with Gasteiger partial charge in [0.25, 0.3) is 0 Å². The monoisotopic (exact) mass is 153 g/mol. The average Bonchev–Trinajstić information content (AvgIpc) is 2.37. The van der Waals surface area contributed by atoms with E-state index < -0.39 is 0 Å². The molecule has 1 N–H and O–H groups in total. The van der Waals surface area contributed by atoms with Gasteiger partial charge in [0.15, 0.2) is 0 Å². The van der Waals surface area contributed by atoms with E-state index in [2.05, 4.69) is 31.2 Å². The molecule has 0 spiro atoms. The van der Waals surface area contributed by atoms with E-state index in [0.717, 1.165) is 12.2 Å². The van der Waals surface area contributed by atoms with Gasteiger partial charge in [0.1, 0.15) is 0 Å². The first-order chi connectivity index (χ1) is 5.24. The van der Waals surface area contributed by atoms with Crippen LogP contribution in [-0.4, -0.2) is 16.3 Å². The number of nitrogens with one attached hydrogen (secondary N) is 1. The lowest BCUT2D eigenvalue weighted by Crippen LogP contribution is -2.00. The van der Waals surface area contributed by atoms with Crippen molar-refractivity contribution < 1.29 is 0 Å². The fraction of sp³-hybridized carbons (Fsp3) is 0.625. The van der Waals surface area contributed by atoms with Crippen molar-refractivity contribution in [2.24, 2.45) is 0 Å². The third-order valence-corrected chi connectivity index (χ3v) is 1.51. The minimum Gasteiger partial charge on any atom is -0.383 e. The second-order valence-corrected chi connectivity index (χ2v) is 2.83. The zero-order valence-corrected chi connectivity index (χ0v) is 7.33. The van der Waals surface area contributed by atoms with Crippen LogP contribution in [0, 0.1) is 0 Å². The first kappa shape index (κ1) is 8.11. The fourth-order valence-corrected chi connectivity index (χ4v) is 0.916. The summed E-state index contributed by atoms with van der Waals surface area (Å²) in [5.74, 6) is 0. The van der Waals surface area contributed by atoms with E-state index in [1.54, 1.807) is 0 Å². The lowest BCUT2D eigenvalue weighted by molar-refractivity contribution is 0.532. The van der Waals surface area contributed by atoms with Crippen LogP contribution in [-0.2, 0) is 0 Å². The van der Waals surface area contributed by atoms with Gasteiger partial charge in [-0.3, -0.25) is 4.68 Å². The zero-order valence-electron chi connectivity index (χ0n) is 7.33. The normalized spacial score (nSPS) is 10.5. The van der Waals surface area contributed by atoms with Crippen LogP contribution in [0.1, 0.15) is 26.8 Å². The van der Waals surface area contributed by atoms with Crippen LogP contribution < -0.4 is 5.32 Å². The second-order valence-electron chi connectivity index (χ2n) is 2.83. The van der Waals surface area contributed by atoms with Gasteiger partial charge in [-0.2, -0.15) is 5.10 Å². The van der Waals surface area contributed by atoms with E-state index in [1.807, 2.05) is 17.1 Å². The number of rotatable bonds is 3. The highest BCUT2D eigenvalue weighted by Gasteiger charge is 1.98. The summed E-state index contributed by atoms with van der Waals surface area (Å²) in [5, 5.41) is 7.39. The van der Waals surface area contributed by atoms with Gasteiger partial charge in [-0.15, -0.1) is 0 Å². The molecule has 1 aromatic rings. The Hall–Kier alpha value is -0.990. The van der Waals surface area contributed by atoms with Gasteiger partial charge in [-0.05, 0) is 20.8 Å². The summed E-state index contributed by atoms with van der Waals surface area (Å²) in [6.07, 6.45) is 3.87. The number of hydrogen-bond donors (Lipinski definition) is 1. The van der Waals surface area contributed by atoms with Gasteiger partial charge in [0.2, 0.25) is 0 Å². The Bertz CT molecular complexity index is 215. The highest BCUT2D eigenvalue weighted by Crippen LogP contribution is 2.08. The first-order valence-corrected chi connectivity index (χ1v) is 4.02. The summed E-state index contributed by atoms with van der Waals surface area (Å²) in [5.41, 5.74) is 1.10. The fourth-order valence-electron chi connectivity index (χ4n) is 0.916. The van der Waals surface area contributed by atoms with Crippen molar-refractivity contribution in [3.8, 4) is 0 Å². The molecular weight excluding hydrogens is 138 g/mol. The summed E-state index contributed by atoms with van der Waals surface area (Å²) in [4.78, 5) is 0. The van der Waals surface area contributed by atoms with Gasteiger partial charge in [0, 0.05) is 18.8 Å². The lowest BCUT2D eigenvalue weighted by atomic mass is 10.4. The molecule has 62 valence electrons. The molecular formula is C8H15N3. The van der Waals surface area contributed by atoms with Crippen molar-refractivity contribution >= 4 is 5.69 Å². The first-order valence-electron chi connectivity index (χ1n) is 4.02. The number of nitrogens with zero attached hydrogens (tertiary/aromatic N) is 2. The van der Waals surface area contributed by atoms with Crippen molar-refractivity contribution in [2.75, 3.05) is 11.9 Å². The molecule has 3 heteroatoms. The third kappa shape index (κ3) is 1.97. The minimum atomic E-state index is 0.447. The van der Waals surface area contributed by atoms with Gasteiger partial charge in [-0.25, -0.2) is 0 Å². The van der Waals surface area contributed by atoms with Crippen LogP contribution in [0.5, 0.6) is 0 Å². The standard InChI is InChI=1S/C8H15N3/c1-4-9-8-5-10-11(6-8)7(2)3/h5-7,9H,4H2,1-3H3. The molecule has 3 nitrogen and oxygen atoms in total. The molecule has 1 aromatic heterocycles. The molecule has 0 fully saturated rings. The highest BCUT2D eigenvalue weighted by atomic mass is 15.3. The summed E-state index contributed by atoms with van der Waals surface area (Å²) in [6.45, 7) is 7.25. The molecule has 0 amide bonds. The predicted molar refractivity (Wildman–Crippen MR) is 46.8 cm³/mol.